The van der Waals surface area contributed by atoms with Crippen LogP contribution in [-0.2, 0) is 32.7 Å². The smallest absolute Gasteiger partial charge is 0.336 e. The van der Waals surface area contributed by atoms with E-state index in [9.17, 15) is 9.59 Å². The normalized spacial score (nSPS) is 12.5. The number of carboxylic acid groups (broad SMARTS) is 1. The van der Waals surface area contributed by atoms with E-state index in [-0.39, 0.29) is 56.2 Å². The van der Waals surface area contributed by atoms with Gasteiger partial charge in [-0.2, -0.15) is 0 Å². The molecule has 1 aliphatic heterocycles. The van der Waals surface area contributed by atoms with Crippen molar-refractivity contribution in [3.8, 4) is 11.5 Å². The Bertz CT molecular complexity index is 429. The second-order valence-electron chi connectivity index (χ2n) is 2.87. The van der Waals surface area contributed by atoms with Crippen molar-refractivity contribution in [3.05, 3.63) is 29.9 Å². The van der Waals surface area contributed by atoms with E-state index in [0.29, 0.717) is 12.0 Å². The van der Waals surface area contributed by atoms with E-state index in [4.69, 9.17) is 14.6 Å². The fourth-order valence-electron chi connectivity index (χ4n) is 1.37. The Morgan fingerprint density at radius 3 is 2.88 bits per heavy atom. The van der Waals surface area contributed by atoms with Gasteiger partial charge < -0.3 is 14.6 Å². The Balaban J connectivity index is 0.00000128. The third-order valence-electron chi connectivity index (χ3n) is 2.01. The van der Waals surface area contributed by atoms with Crippen LogP contribution in [0.3, 0.4) is 0 Å². The maximum Gasteiger partial charge on any atom is 0.336 e. The maximum atomic E-state index is 10.8. The van der Waals surface area contributed by atoms with Crippen molar-refractivity contribution in [1.82, 2.24) is 0 Å². The first kappa shape index (κ1) is 13.1. The molecule has 0 atom stereocenters. The molecule has 16 heavy (non-hydrogen) atoms. The number of rotatable bonds is 2. The zero-order valence-corrected chi connectivity index (χ0v) is 11.0. The van der Waals surface area contributed by atoms with Crippen LogP contribution < -0.4 is 9.47 Å². The van der Waals surface area contributed by atoms with Crippen LogP contribution in [0.4, 0.5) is 0 Å². The van der Waals surface area contributed by atoms with Gasteiger partial charge in [0.05, 0.1) is 11.1 Å². The van der Waals surface area contributed by atoms with Crippen LogP contribution in [0, 0.1) is 6.61 Å². The molecule has 0 aliphatic carbocycles. The number of carboxylic acids is 1. The molecule has 1 N–H and O–H groups in total. The predicted molar refractivity (Wildman–Crippen MR) is 49.2 cm³/mol. The molecule has 0 unspecified atom stereocenters. The van der Waals surface area contributed by atoms with Gasteiger partial charge in [-0.1, -0.05) is 0 Å². The summed E-state index contributed by atoms with van der Waals surface area (Å²) in [5.74, 6) is -0.626. The van der Waals surface area contributed by atoms with Crippen LogP contribution in [-0.4, -0.2) is 24.0 Å². The van der Waals surface area contributed by atoms with Gasteiger partial charge in [0, 0.05) is 32.7 Å². The molecule has 0 bridgehead atoms. The number of ether oxygens (including phenoxy) is 2. The van der Waals surface area contributed by atoms with Crippen LogP contribution >= 0.6 is 0 Å². The largest absolute Gasteiger partial charge is 0.657 e. The van der Waals surface area contributed by atoms with E-state index in [2.05, 4.69) is 0 Å². The van der Waals surface area contributed by atoms with Gasteiger partial charge in [-0.25, -0.2) is 4.79 Å². The zero-order chi connectivity index (χ0) is 10.8. The van der Waals surface area contributed by atoms with Gasteiger partial charge in [0.15, 0.2) is 12.0 Å². The molecule has 0 fully saturated rings. The number of hydrogen-bond donors (Lipinski definition) is 1. The molecule has 1 aromatic carbocycles. The first-order chi connectivity index (χ1) is 7.24. The molecule has 0 aromatic heterocycles. The summed E-state index contributed by atoms with van der Waals surface area (Å²) in [7, 11) is 0. The molecule has 5 nitrogen and oxygen atoms in total. The predicted octanol–water partition coefficient (Wildman–Crippen LogP) is 1.13. The van der Waals surface area contributed by atoms with Crippen LogP contribution in [0.25, 0.3) is 0 Å². The molecule has 1 aromatic rings. The third kappa shape index (κ3) is 2.25. The topological polar surface area (TPSA) is 72.8 Å². The minimum absolute atomic E-state index is 0. The summed E-state index contributed by atoms with van der Waals surface area (Å²) in [6.45, 7) is 1.62. The molecule has 6 heteroatoms. The SMILES string of the molecule is O=Cc1c(C(=O)O)ccc2c1OC[CH-]O2.[Y]. The third-order valence-corrected chi connectivity index (χ3v) is 2.01. The van der Waals surface area contributed by atoms with E-state index in [1.807, 2.05) is 0 Å². The van der Waals surface area contributed by atoms with Gasteiger partial charge in [0.2, 0.25) is 0 Å². The molecule has 0 saturated carbocycles. The summed E-state index contributed by atoms with van der Waals surface area (Å²) in [6, 6.07) is 2.77. The molecule has 1 aliphatic rings. The maximum absolute atomic E-state index is 10.8. The second-order valence-corrected chi connectivity index (χ2v) is 2.87. The van der Waals surface area contributed by atoms with Crippen molar-refractivity contribution in [2.75, 3.05) is 6.61 Å². The van der Waals surface area contributed by atoms with Gasteiger partial charge in [-0.15, -0.1) is 6.61 Å². The van der Waals surface area contributed by atoms with Crippen molar-refractivity contribution in [3.63, 3.8) is 0 Å². The van der Waals surface area contributed by atoms with Crippen molar-refractivity contribution >= 4 is 12.3 Å². The molecule has 0 saturated heterocycles. The van der Waals surface area contributed by atoms with Gasteiger partial charge >= 0.3 is 5.97 Å². The van der Waals surface area contributed by atoms with Crippen LogP contribution in [0.5, 0.6) is 11.5 Å². The van der Waals surface area contributed by atoms with E-state index in [1.165, 1.54) is 18.7 Å². The Morgan fingerprint density at radius 2 is 2.25 bits per heavy atom. The second kappa shape index (κ2) is 5.41. The average molecular weight is 296 g/mol. The summed E-state index contributed by atoms with van der Waals surface area (Å²) >= 11 is 0. The minimum atomic E-state index is -1.17. The van der Waals surface area contributed by atoms with Crippen LogP contribution in [0.15, 0.2) is 12.1 Å². The van der Waals surface area contributed by atoms with Crippen molar-refractivity contribution in [2.45, 2.75) is 0 Å². The number of fused-ring (bicyclic) bond motifs is 1. The Morgan fingerprint density at radius 1 is 1.50 bits per heavy atom. The number of carbonyl (C=O) groups is 2. The first-order valence-electron chi connectivity index (χ1n) is 4.20. The van der Waals surface area contributed by atoms with Crippen molar-refractivity contribution in [2.24, 2.45) is 0 Å². The van der Waals surface area contributed by atoms with Gasteiger partial charge in [-0.3, -0.25) is 4.79 Å². The molecule has 0 spiro atoms. The summed E-state index contributed by atoms with van der Waals surface area (Å²) < 4.78 is 10.3. The zero-order valence-electron chi connectivity index (χ0n) is 8.17. The molecular weight excluding hydrogens is 289 g/mol. The van der Waals surface area contributed by atoms with E-state index in [1.54, 1.807) is 0 Å². The Labute approximate surface area is 117 Å². The van der Waals surface area contributed by atoms with Crippen LogP contribution in [0.2, 0.25) is 0 Å². The van der Waals surface area contributed by atoms with E-state index < -0.39 is 5.97 Å². The average Bonchev–Trinajstić information content (AvgIpc) is 2.27. The van der Waals surface area contributed by atoms with E-state index >= 15 is 0 Å². The Hall–Kier alpha value is -0.936. The Kier molecular flexibility index (Phi) is 4.44. The number of aromatic carboxylic acids is 1. The molecule has 81 valence electrons. The fourth-order valence-corrected chi connectivity index (χ4v) is 1.37. The summed E-state index contributed by atoms with van der Waals surface area (Å²) in [5, 5.41) is 8.84. The molecular formula is C10H7O5Y-. The fraction of sp³-hybridized carbons (Fsp3) is 0.100. The summed E-state index contributed by atoms with van der Waals surface area (Å²) in [6.07, 6.45) is 0.455. The monoisotopic (exact) mass is 296 g/mol. The number of benzene rings is 1. The van der Waals surface area contributed by atoms with Gasteiger partial charge in [0.1, 0.15) is 5.75 Å². The molecule has 1 radical (unpaired) electrons. The van der Waals surface area contributed by atoms with Gasteiger partial charge in [-0.05, 0) is 18.7 Å². The number of carbonyl (C=O) groups excluding carboxylic acids is 1. The first-order valence-corrected chi connectivity index (χ1v) is 4.20. The number of hydrogen-bond acceptors (Lipinski definition) is 4. The quantitative estimate of drug-likeness (QED) is 0.654. The standard InChI is InChI=1S/C10H7O5.Y/c11-5-7-6(10(12)13)1-2-8-9(7)15-4-3-14-8;/h1-3,5H,4H2,(H,12,13);/q-1;. The van der Waals surface area contributed by atoms with Crippen molar-refractivity contribution in [1.29, 1.82) is 0 Å². The molecule has 2 rings (SSSR count). The van der Waals surface area contributed by atoms with E-state index in [0.717, 1.165) is 0 Å². The molecule has 1 heterocycles. The number of aldehydes is 1. The van der Waals surface area contributed by atoms with Crippen LogP contribution in [0.1, 0.15) is 20.7 Å². The molecule has 0 amide bonds. The minimum Gasteiger partial charge on any atom is -0.657 e. The summed E-state index contributed by atoms with van der Waals surface area (Å²) in [5.41, 5.74) is -0.0812. The van der Waals surface area contributed by atoms with Crippen molar-refractivity contribution < 1.29 is 56.9 Å². The summed E-state index contributed by atoms with van der Waals surface area (Å²) in [4.78, 5) is 21.6. The van der Waals surface area contributed by atoms with Gasteiger partial charge in [0.25, 0.3) is 0 Å².